The molecule has 0 radical (unpaired) electrons. The van der Waals surface area contributed by atoms with Gasteiger partial charge in [0.15, 0.2) is 5.96 Å². The Morgan fingerprint density at radius 2 is 1.79 bits per heavy atom. The number of nitrogens with zero attached hydrogens (tertiary/aromatic N) is 4. The van der Waals surface area contributed by atoms with Crippen LogP contribution in [0.5, 0.6) is 0 Å². The first-order valence-corrected chi connectivity index (χ1v) is 9.40. The van der Waals surface area contributed by atoms with Gasteiger partial charge in [0, 0.05) is 77.5 Å². The Hall–Kier alpha value is -0.120. The number of guanidine groups is 1. The zero-order valence-electron chi connectivity index (χ0n) is 15.1. The zero-order valence-corrected chi connectivity index (χ0v) is 17.4. The predicted octanol–water partition coefficient (Wildman–Crippen LogP) is 0.252. The lowest BCUT2D eigenvalue weighted by atomic mass is 10.1. The fourth-order valence-electron chi connectivity index (χ4n) is 4.43. The van der Waals surface area contributed by atoms with E-state index in [2.05, 4.69) is 37.2 Å². The van der Waals surface area contributed by atoms with Crippen LogP contribution in [0.15, 0.2) is 4.99 Å². The van der Waals surface area contributed by atoms with E-state index in [-0.39, 0.29) is 24.0 Å². The fourth-order valence-corrected chi connectivity index (χ4v) is 4.43. The normalized spacial score (nSPS) is 39.6. The van der Waals surface area contributed by atoms with Crippen LogP contribution in [0, 0.1) is 5.92 Å². The van der Waals surface area contributed by atoms with E-state index in [0.717, 1.165) is 18.5 Å². The van der Waals surface area contributed by atoms with Gasteiger partial charge in [0.1, 0.15) is 0 Å². The van der Waals surface area contributed by atoms with Crippen LogP contribution in [0.1, 0.15) is 19.8 Å². The quantitative estimate of drug-likeness (QED) is 0.367. The van der Waals surface area contributed by atoms with Crippen molar-refractivity contribution in [3.8, 4) is 0 Å². The van der Waals surface area contributed by atoms with Crippen molar-refractivity contribution in [1.29, 1.82) is 0 Å². The van der Waals surface area contributed by atoms with Crippen LogP contribution in [0.3, 0.4) is 0 Å². The summed E-state index contributed by atoms with van der Waals surface area (Å²) in [6.07, 6.45) is 2.81. The molecular weight excluding hydrogens is 415 g/mol. The van der Waals surface area contributed by atoms with E-state index in [9.17, 15) is 0 Å². The van der Waals surface area contributed by atoms with E-state index in [1.54, 1.807) is 0 Å². The van der Waals surface area contributed by atoms with Gasteiger partial charge >= 0.3 is 0 Å². The van der Waals surface area contributed by atoms with Crippen molar-refractivity contribution in [2.45, 2.75) is 37.9 Å². The van der Waals surface area contributed by atoms with Gasteiger partial charge < -0.3 is 10.6 Å². The molecule has 2 N–H and O–H groups in total. The number of nitrogens with one attached hydrogen (secondary N) is 2. The molecule has 1 saturated carbocycles. The number of hydrogen-bond acceptors (Lipinski definition) is 4. The number of fused-ring (bicyclic) bond motifs is 3. The summed E-state index contributed by atoms with van der Waals surface area (Å²) in [5.74, 6) is 1.69. The highest BCUT2D eigenvalue weighted by Gasteiger charge is 2.38. The standard InChI is InChI=1S/C17H32N6.HI/c1-13-10-23(14-3-4-14)12-16(13)20-17(18-2)19-9-15-11-21-5-7-22(15)8-6-21;/h13-16H,3-12H2,1-2H3,(H2,18,19,20);1H. The summed E-state index contributed by atoms with van der Waals surface area (Å²) in [4.78, 5) is 12.3. The van der Waals surface area contributed by atoms with Crippen LogP contribution in [-0.4, -0.2) is 98.2 Å². The lowest BCUT2D eigenvalue weighted by molar-refractivity contribution is 0.0154. The number of piperazine rings is 3. The molecule has 3 atom stereocenters. The number of hydrogen-bond donors (Lipinski definition) is 2. The largest absolute Gasteiger partial charge is 0.355 e. The maximum atomic E-state index is 4.46. The molecule has 0 spiro atoms. The maximum Gasteiger partial charge on any atom is 0.191 e. The Kier molecular flexibility index (Phi) is 6.26. The molecule has 4 heterocycles. The molecule has 5 aliphatic rings. The maximum absolute atomic E-state index is 4.46. The van der Waals surface area contributed by atoms with Crippen LogP contribution in [0.4, 0.5) is 0 Å². The van der Waals surface area contributed by atoms with Crippen LogP contribution in [-0.2, 0) is 0 Å². The van der Waals surface area contributed by atoms with Crippen LogP contribution in [0.2, 0.25) is 0 Å². The van der Waals surface area contributed by atoms with Crippen LogP contribution in [0.25, 0.3) is 0 Å². The molecule has 4 aliphatic heterocycles. The molecule has 5 rings (SSSR count). The van der Waals surface area contributed by atoms with E-state index < -0.39 is 0 Å². The smallest absolute Gasteiger partial charge is 0.191 e. The molecule has 0 aromatic carbocycles. The molecule has 2 bridgehead atoms. The molecule has 0 amide bonds. The minimum Gasteiger partial charge on any atom is -0.355 e. The van der Waals surface area contributed by atoms with Crippen molar-refractivity contribution >= 4 is 29.9 Å². The zero-order chi connectivity index (χ0) is 15.8. The summed E-state index contributed by atoms with van der Waals surface area (Å²) in [5.41, 5.74) is 0. The van der Waals surface area contributed by atoms with Crippen LogP contribution >= 0.6 is 24.0 Å². The predicted molar refractivity (Wildman–Crippen MR) is 109 cm³/mol. The van der Waals surface area contributed by atoms with Crippen molar-refractivity contribution in [2.24, 2.45) is 10.9 Å². The minimum atomic E-state index is 0. The minimum absolute atomic E-state index is 0. The summed E-state index contributed by atoms with van der Waals surface area (Å²) in [6, 6.07) is 2.05. The SMILES string of the molecule is CN=C(NCC1CN2CCN1CC2)NC1CN(C2CC2)CC1C.I. The van der Waals surface area contributed by atoms with Gasteiger partial charge in [-0.25, -0.2) is 0 Å². The monoisotopic (exact) mass is 448 g/mol. The summed E-state index contributed by atoms with van der Waals surface area (Å²) in [5, 5.41) is 7.26. The third-order valence-electron chi connectivity index (χ3n) is 6.15. The molecule has 0 aromatic heterocycles. The van der Waals surface area contributed by atoms with Gasteiger partial charge in [0.05, 0.1) is 0 Å². The second-order valence-corrected chi connectivity index (χ2v) is 7.86. The molecule has 24 heavy (non-hydrogen) atoms. The van der Waals surface area contributed by atoms with E-state index >= 15 is 0 Å². The highest BCUT2D eigenvalue weighted by atomic mass is 127. The van der Waals surface area contributed by atoms with E-state index in [0.29, 0.717) is 18.0 Å². The van der Waals surface area contributed by atoms with Crippen molar-refractivity contribution in [1.82, 2.24) is 25.3 Å². The molecule has 6 nitrogen and oxygen atoms in total. The van der Waals surface area contributed by atoms with E-state index in [1.807, 2.05) is 7.05 Å². The molecule has 0 aromatic rings. The fraction of sp³-hybridized carbons (Fsp3) is 0.941. The number of aliphatic imine (C=N–C) groups is 1. The van der Waals surface area contributed by atoms with Gasteiger partial charge in [0.25, 0.3) is 0 Å². The van der Waals surface area contributed by atoms with Gasteiger partial charge in [0.2, 0.25) is 0 Å². The Balaban J connectivity index is 0.00000169. The highest BCUT2D eigenvalue weighted by Crippen LogP contribution is 2.31. The third kappa shape index (κ3) is 4.16. The van der Waals surface area contributed by atoms with Crippen LogP contribution < -0.4 is 10.6 Å². The van der Waals surface area contributed by atoms with E-state index in [1.165, 1.54) is 58.7 Å². The van der Waals surface area contributed by atoms with Gasteiger partial charge in [-0.15, -0.1) is 24.0 Å². The molecular formula is C17H33IN6. The Morgan fingerprint density at radius 1 is 1.04 bits per heavy atom. The Bertz CT molecular complexity index is 446. The molecule has 1 aliphatic carbocycles. The lowest BCUT2D eigenvalue weighted by Crippen LogP contribution is -2.64. The average Bonchev–Trinajstić information content (AvgIpc) is 3.37. The Labute approximate surface area is 163 Å². The second kappa shape index (κ2) is 8.05. The summed E-state index contributed by atoms with van der Waals surface area (Å²) < 4.78 is 0. The van der Waals surface area contributed by atoms with Gasteiger partial charge in [-0.05, 0) is 18.8 Å². The van der Waals surface area contributed by atoms with Crippen molar-refractivity contribution in [3.63, 3.8) is 0 Å². The van der Waals surface area contributed by atoms with E-state index in [4.69, 9.17) is 0 Å². The molecule has 4 saturated heterocycles. The molecule has 138 valence electrons. The topological polar surface area (TPSA) is 46.1 Å². The number of halogens is 1. The number of rotatable bonds is 4. The van der Waals surface area contributed by atoms with Gasteiger partial charge in [-0.3, -0.25) is 19.7 Å². The van der Waals surface area contributed by atoms with Gasteiger partial charge in [-0.1, -0.05) is 6.92 Å². The highest BCUT2D eigenvalue weighted by molar-refractivity contribution is 14.0. The Morgan fingerprint density at radius 3 is 2.38 bits per heavy atom. The average molecular weight is 448 g/mol. The van der Waals surface area contributed by atoms with Gasteiger partial charge in [-0.2, -0.15) is 0 Å². The molecule has 7 heteroatoms. The molecule has 3 unspecified atom stereocenters. The summed E-state index contributed by atoms with van der Waals surface area (Å²) >= 11 is 0. The first-order chi connectivity index (χ1) is 11.2. The van der Waals surface area contributed by atoms with Crippen molar-refractivity contribution in [2.75, 3.05) is 59.4 Å². The third-order valence-corrected chi connectivity index (χ3v) is 6.15. The lowest BCUT2D eigenvalue weighted by Gasteiger charge is -2.47. The second-order valence-electron chi connectivity index (χ2n) is 7.86. The molecule has 5 fully saturated rings. The first kappa shape index (κ1) is 18.7. The van der Waals surface area contributed by atoms with Crippen molar-refractivity contribution in [3.05, 3.63) is 0 Å². The summed E-state index contributed by atoms with van der Waals surface area (Å²) in [6.45, 7) is 12.0. The van der Waals surface area contributed by atoms with Crippen molar-refractivity contribution < 1.29 is 0 Å². The summed E-state index contributed by atoms with van der Waals surface area (Å²) in [7, 11) is 1.89. The first-order valence-electron chi connectivity index (χ1n) is 9.40. The number of likely N-dealkylation sites (tertiary alicyclic amines) is 1.